The van der Waals surface area contributed by atoms with Crippen LogP contribution in [-0.2, 0) is 0 Å². The predicted molar refractivity (Wildman–Crippen MR) is 59.4 cm³/mol. The number of nitrogens with zero attached hydrogens (tertiary/aromatic N) is 1. The summed E-state index contributed by atoms with van der Waals surface area (Å²) in [5, 5.41) is 12.4. The van der Waals surface area contributed by atoms with Gasteiger partial charge in [-0.15, -0.1) is 0 Å². The van der Waals surface area contributed by atoms with Crippen molar-refractivity contribution in [2.45, 2.75) is 5.92 Å². The predicted octanol–water partition coefficient (Wildman–Crippen LogP) is 0.919. The third-order valence-electron chi connectivity index (χ3n) is 2.15. The number of nitro benzene ring substituents is 1. The molecular formula is C10H11F2N3O3. The second-order valence-electron chi connectivity index (χ2n) is 3.55. The van der Waals surface area contributed by atoms with Gasteiger partial charge in [0.15, 0.2) is 0 Å². The van der Waals surface area contributed by atoms with Crippen LogP contribution in [0.2, 0.25) is 0 Å². The molecule has 0 bridgehead atoms. The number of benzene rings is 1. The third kappa shape index (κ3) is 3.74. The highest BCUT2D eigenvalue weighted by molar-refractivity contribution is 5.94. The topological polar surface area (TPSA) is 98.3 Å². The monoisotopic (exact) mass is 259 g/mol. The Morgan fingerprint density at radius 2 is 1.94 bits per heavy atom. The molecule has 0 radical (unpaired) electrons. The summed E-state index contributed by atoms with van der Waals surface area (Å²) in [6, 6.07) is 4.62. The molecule has 8 heteroatoms. The molecule has 0 aliphatic heterocycles. The van der Waals surface area contributed by atoms with Gasteiger partial charge in [-0.05, 0) is 12.1 Å². The number of halogens is 2. The van der Waals surface area contributed by atoms with Gasteiger partial charge in [-0.1, -0.05) is 0 Å². The smallest absolute Gasteiger partial charge is 0.277 e. The lowest BCUT2D eigenvalue weighted by Crippen LogP contribution is -2.41. The van der Waals surface area contributed by atoms with E-state index in [0.29, 0.717) is 0 Å². The lowest BCUT2D eigenvalue weighted by molar-refractivity contribution is -0.384. The first kappa shape index (κ1) is 14.0. The van der Waals surface area contributed by atoms with E-state index in [0.717, 1.165) is 12.1 Å². The van der Waals surface area contributed by atoms with Gasteiger partial charge in [0.25, 0.3) is 17.5 Å². The molecule has 0 spiro atoms. The van der Waals surface area contributed by atoms with Crippen LogP contribution in [-0.4, -0.2) is 29.8 Å². The van der Waals surface area contributed by atoms with E-state index >= 15 is 0 Å². The quantitative estimate of drug-likeness (QED) is 0.606. The summed E-state index contributed by atoms with van der Waals surface area (Å²) in [5.41, 5.74) is 4.69. The Kier molecular flexibility index (Phi) is 4.27. The zero-order chi connectivity index (χ0) is 13.8. The first-order valence-corrected chi connectivity index (χ1v) is 4.96. The van der Waals surface area contributed by atoms with E-state index in [9.17, 15) is 23.7 Å². The molecule has 0 heterocycles. The van der Waals surface area contributed by atoms with Crippen LogP contribution >= 0.6 is 0 Å². The van der Waals surface area contributed by atoms with E-state index < -0.39 is 29.8 Å². The molecule has 6 nitrogen and oxygen atoms in total. The molecule has 0 fully saturated rings. The van der Waals surface area contributed by atoms with Crippen molar-refractivity contribution in [1.82, 2.24) is 5.32 Å². The third-order valence-corrected chi connectivity index (χ3v) is 2.15. The maximum atomic E-state index is 12.8. The lowest BCUT2D eigenvalue weighted by atomic mass is 10.2. The molecule has 18 heavy (non-hydrogen) atoms. The summed E-state index contributed by atoms with van der Waals surface area (Å²) in [6.45, 7) is -1.74. The molecule has 3 N–H and O–H groups in total. The van der Waals surface area contributed by atoms with Crippen LogP contribution in [0.1, 0.15) is 10.4 Å². The van der Waals surface area contributed by atoms with Gasteiger partial charge in [-0.25, -0.2) is 8.78 Å². The van der Waals surface area contributed by atoms with Crippen LogP contribution in [0.3, 0.4) is 0 Å². The Balaban J connectivity index is 2.65. The summed E-state index contributed by atoms with van der Waals surface area (Å²) in [5.74, 6) is -3.91. The summed E-state index contributed by atoms with van der Waals surface area (Å²) in [6.07, 6.45) is 0. The normalized spacial score (nSPS) is 11.1. The van der Waals surface area contributed by atoms with Crippen LogP contribution in [0.25, 0.3) is 0 Å². The average Bonchev–Trinajstić information content (AvgIpc) is 2.36. The van der Waals surface area contributed by atoms with Crippen LogP contribution in [0.5, 0.6) is 0 Å². The van der Waals surface area contributed by atoms with E-state index in [1.807, 2.05) is 5.32 Å². The van der Waals surface area contributed by atoms with Crippen LogP contribution in [0.15, 0.2) is 24.3 Å². The average molecular weight is 259 g/mol. The molecule has 1 rings (SSSR count). The maximum absolute atomic E-state index is 12.8. The standard InChI is InChI=1S/C10H11F2N3O3/c11-10(12,5-13)6-14-9(16)7-1-3-8(4-2-7)15(17)18/h1-4H,5-6,13H2,(H,14,16). The highest BCUT2D eigenvalue weighted by Crippen LogP contribution is 2.13. The molecule has 0 aromatic heterocycles. The molecule has 1 aromatic carbocycles. The van der Waals surface area contributed by atoms with E-state index in [1.54, 1.807) is 0 Å². The first-order valence-electron chi connectivity index (χ1n) is 4.96. The fourth-order valence-corrected chi connectivity index (χ4v) is 1.12. The summed E-state index contributed by atoms with van der Waals surface area (Å²) >= 11 is 0. The number of rotatable bonds is 5. The zero-order valence-corrected chi connectivity index (χ0v) is 9.23. The highest BCUT2D eigenvalue weighted by atomic mass is 19.3. The molecular weight excluding hydrogens is 248 g/mol. The Labute approximate surface area is 101 Å². The fourth-order valence-electron chi connectivity index (χ4n) is 1.12. The number of hydrogen-bond acceptors (Lipinski definition) is 4. The molecule has 0 saturated carbocycles. The van der Waals surface area contributed by atoms with Crippen molar-refractivity contribution in [3.05, 3.63) is 39.9 Å². The minimum atomic E-state index is -3.17. The Hall–Kier alpha value is -2.09. The summed E-state index contributed by atoms with van der Waals surface area (Å²) in [7, 11) is 0. The van der Waals surface area contributed by atoms with Gasteiger partial charge in [0, 0.05) is 17.7 Å². The fraction of sp³-hybridized carbons (Fsp3) is 0.300. The van der Waals surface area contributed by atoms with Crippen molar-refractivity contribution in [3.8, 4) is 0 Å². The van der Waals surface area contributed by atoms with Crippen LogP contribution in [0.4, 0.5) is 14.5 Å². The second-order valence-corrected chi connectivity index (χ2v) is 3.55. The van der Waals surface area contributed by atoms with E-state index in [4.69, 9.17) is 5.73 Å². The largest absolute Gasteiger partial charge is 0.346 e. The number of amides is 1. The van der Waals surface area contributed by atoms with Gasteiger partial charge in [-0.2, -0.15) is 0 Å². The Bertz CT molecular complexity index is 448. The highest BCUT2D eigenvalue weighted by Gasteiger charge is 2.27. The van der Waals surface area contributed by atoms with Crippen molar-refractivity contribution in [2.24, 2.45) is 5.73 Å². The minimum Gasteiger partial charge on any atom is -0.346 e. The molecule has 1 amide bonds. The van der Waals surface area contributed by atoms with Gasteiger partial charge < -0.3 is 11.1 Å². The second kappa shape index (κ2) is 5.50. The molecule has 98 valence electrons. The maximum Gasteiger partial charge on any atom is 0.277 e. The molecule has 0 aliphatic rings. The van der Waals surface area contributed by atoms with E-state index in [-0.39, 0.29) is 11.3 Å². The van der Waals surface area contributed by atoms with Crippen LogP contribution in [0, 0.1) is 10.1 Å². The number of alkyl halides is 2. The summed E-state index contributed by atoms with van der Waals surface area (Å²) < 4.78 is 25.5. The SMILES string of the molecule is NCC(F)(F)CNC(=O)c1ccc([N+](=O)[O-])cc1. The van der Waals surface area contributed by atoms with Crippen LogP contribution < -0.4 is 11.1 Å². The number of nitrogens with two attached hydrogens (primary N) is 1. The first-order chi connectivity index (χ1) is 8.35. The minimum absolute atomic E-state index is 0.0634. The van der Waals surface area contributed by atoms with Gasteiger partial charge in [0.2, 0.25) is 0 Å². The number of non-ortho nitro benzene ring substituents is 1. The van der Waals surface area contributed by atoms with Gasteiger partial charge >= 0.3 is 0 Å². The van der Waals surface area contributed by atoms with Crippen molar-refractivity contribution < 1.29 is 18.5 Å². The van der Waals surface area contributed by atoms with Gasteiger partial charge in [0.05, 0.1) is 18.0 Å². The molecule has 1 aromatic rings. The molecule has 0 atom stereocenters. The van der Waals surface area contributed by atoms with E-state index in [1.165, 1.54) is 12.1 Å². The lowest BCUT2D eigenvalue weighted by Gasteiger charge is -2.14. The molecule has 0 saturated heterocycles. The van der Waals surface area contributed by atoms with Crippen molar-refractivity contribution in [1.29, 1.82) is 0 Å². The van der Waals surface area contributed by atoms with E-state index in [2.05, 4.69) is 0 Å². The Morgan fingerprint density at radius 3 is 2.39 bits per heavy atom. The number of nitro groups is 1. The van der Waals surface area contributed by atoms with Gasteiger partial charge in [-0.3, -0.25) is 14.9 Å². The molecule has 0 aliphatic carbocycles. The van der Waals surface area contributed by atoms with Crippen molar-refractivity contribution in [3.63, 3.8) is 0 Å². The zero-order valence-electron chi connectivity index (χ0n) is 9.23. The Morgan fingerprint density at radius 1 is 1.39 bits per heavy atom. The van der Waals surface area contributed by atoms with Crippen molar-refractivity contribution in [2.75, 3.05) is 13.1 Å². The molecule has 0 unspecified atom stereocenters. The number of nitrogens with one attached hydrogen (secondary N) is 1. The summed E-state index contributed by atoms with van der Waals surface area (Å²) in [4.78, 5) is 21.2. The van der Waals surface area contributed by atoms with Gasteiger partial charge in [0.1, 0.15) is 0 Å². The number of carbonyl (C=O) groups is 1. The number of hydrogen-bond donors (Lipinski definition) is 2. The number of carbonyl (C=O) groups excluding carboxylic acids is 1. The van der Waals surface area contributed by atoms with Crippen molar-refractivity contribution >= 4 is 11.6 Å².